The molecular formula is C14H15NO3S. The maximum Gasteiger partial charge on any atom is 0.265 e. The average molecular weight is 277 g/mol. The lowest BCUT2D eigenvalue weighted by Gasteiger charge is -2.11. The second-order valence-electron chi connectivity index (χ2n) is 3.93. The van der Waals surface area contributed by atoms with Crippen molar-refractivity contribution >= 4 is 22.9 Å². The van der Waals surface area contributed by atoms with Gasteiger partial charge in [-0.25, -0.2) is 0 Å². The Bertz CT molecular complexity index is 592. The highest BCUT2D eigenvalue weighted by atomic mass is 32.1. The number of nitrogens with one attached hydrogen (secondary N) is 1. The van der Waals surface area contributed by atoms with Gasteiger partial charge in [0.05, 0.1) is 24.8 Å². The number of hydrogen-bond acceptors (Lipinski definition) is 4. The highest BCUT2D eigenvalue weighted by Crippen LogP contribution is 2.29. The van der Waals surface area contributed by atoms with Gasteiger partial charge in [-0.2, -0.15) is 0 Å². The first-order valence-corrected chi connectivity index (χ1v) is 6.55. The van der Waals surface area contributed by atoms with Gasteiger partial charge in [-0.3, -0.25) is 4.79 Å². The molecule has 2 rings (SSSR count). The van der Waals surface area contributed by atoms with Gasteiger partial charge in [-0.15, -0.1) is 11.3 Å². The molecule has 0 radical (unpaired) electrons. The minimum absolute atomic E-state index is 0.148. The number of benzene rings is 1. The Balaban J connectivity index is 2.24. The number of amides is 1. The summed E-state index contributed by atoms with van der Waals surface area (Å²) in [5, 5.41) is 2.83. The van der Waals surface area contributed by atoms with E-state index in [9.17, 15) is 4.79 Å². The molecule has 0 atom stereocenters. The van der Waals surface area contributed by atoms with Crippen LogP contribution in [0.2, 0.25) is 0 Å². The summed E-state index contributed by atoms with van der Waals surface area (Å²) in [6.07, 6.45) is 0. The number of aryl methyl sites for hydroxylation is 1. The van der Waals surface area contributed by atoms with Gasteiger partial charge in [0, 0.05) is 10.9 Å². The van der Waals surface area contributed by atoms with Gasteiger partial charge in [0.2, 0.25) is 0 Å². The summed E-state index contributed by atoms with van der Waals surface area (Å²) in [5.41, 5.74) is 0.595. The molecule has 1 aromatic carbocycles. The fourth-order valence-corrected chi connectivity index (χ4v) is 2.41. The highest BCUT2D eigenvalue weighted by molar-refractivity contribution is 7.14. The molecule has 0 fully saturated rings. The molecule has 4 nitrogen and oxygen atoms in total. The van der Waals surface area contributed by atoms with Crippen molar-refractivity contribution in [3.05, 3.63) is 40.1 Å². The lowest BCUT2D eigenvalue weighted by Crippen LogP contribution is -2.11. The van der Waals surface area contributed by atoms with Crippen molar-refractivity contribution in [1.29, 1.82) is 0 Å². The van der Waals surface area contributed by atoms with Crippen LogP contribution in [-0.2, 0) is 0 Å². The molecule has 19 heavy (non-hydrogen) atoms. The zero-order chi connectivity index (χ0) is 13.8. The van der Waals surface area contributed by atoms with Gasteiger partial charge in [-0.05, 0) is 31.2 Å². The molecule has 0 aliphatic carbocycles. The number of carbonyl (C=O) groups is 1. The number of hydrogen-bond donors (Lipinski definition) is 1. The SMILES string of the molecule is COc1ccc(OC)c(NC(=O)c2ccc(C)s2)c1. The zero-order valence-electron chi connectivity index (χ0n) is 11.0. The van der Waals surface area contributed by atoms with E-state index in [0.29, 0.717) is 22.1 Å². The Morgan fingerprint density at radius 3 is 2.53 bits per heavy atom. The number of rotatable bonds is 4. The van der Waals surface area contributed by atoms with E-state index in [1.54, 1.807) is 32.4 Å². The standard InChI is InChI=1S/C14H15NO3S/c1-9-4-7-13(19-9)14(16)15-11-8-10(17-2)5-6-12(11)18-3/h4-8H,1-3H3,(H,15,16). The van der Waals surface area contributed by atoms with Crippen LogP contribution in [0.1, 0.15) is 14.5 Å². The summed E-state index contributed by atoms with van der Waals surface area (Å²) in [4.78, 5) is 13.9. The van der Waals surface area contributed by atoms with E-state index in [2.05, 4.69) is 5.32 Å². The first-order valence-electron chi connectivity index (χ1n) is 5.74. The largest absolute Gasteiger partial charge is 0.497 e. The molecular weight excluding hydrogens is 262 g/mol. The molecule has 0 unspecified atom stereocenters. The lowest BCUT2D eigenvalue weighted by molar-refractivity contribution is 0.103. The van der Waals surface area contributed by atoms with Crippen LogP contribution in [0, 0.1) is 6.92 Å². The van der Waals surface area contributed by atoms with Gasteiger partial charge in [0.1, 0.15) is 11.5 Å². The highest BCUT2D eigenvalue weighted by Gasteiger charge is 2.12. The van der Waals surface area contributed by atoms with Crippen LogP contribution < -0.4 is 14.8 Å². The Morgan fingerprint density at radius 1 is 1.16 bits per heavy atom. The van der Waals surface area contributed by atoms with Crippen molar-refractivity contribution in [3.8, 4) is 11.5 Å². The van der Waals surface area contributed by atoms with E-state index < -0.39 is 0 Å². The molecule has 0 aliphatic heterocycles. The van der Waals surface area contributed by atoms with Crippen LogP contribution in [0.4, 0.5) is 5.69 Å². The number of thiophene rings is 1. The van der Waals surface area contributed by atoms with Crippen LogP contribution in [-0.4, -0.2) is 20.1 Å². The molecule has 0 aliphatic rings. The van der Waals surface area contributed by atoms with Crippen LogP contribution in [0.15, 0.2) is 30.3 Å². The first-order chi connectivity index (χ1) is 9.13. The fraction of sp³-hybridized carbons (Fsp3) is 0.214. The van der Waals surface area contributed by atoms with E-state index in [4.69, 9.17) is 9.47 Å². The lowest BCUT2D eigenvalue weighted by atomic mass is 10.2. The Kier molecular flexibility index (Phi) is 4.06. The molecule has 1 N–H and O–H groups in total. The predicted molar refractivity (Wildman–Crippen MR) is 76.6 cm³/mol. The quantitative estimate of drug-likeness (QED) is 0.932. The summed E-state index contributed by atoms with van der Waals surface area (Å²) in [5.74, 6) is 1.12. The van der Waals surface area contributed by atoms with Gasteiger partial charge < -0.3 is 14.8 Å². The monoisotopic (exact) mass is 277 g/mol. The summed E-state index contributed by atoms with van der Waals surface area (Å²) in [6, 6.07) is 9.00. The summed E-state index contributed by atoms with van der Waals surface area (Å²) in [7, 11) is 3.14. The summed E-state index contributed by atoms with van der Waals surface area (Å²) in [6.45, 7) is 1.97. The van der Waals surface area contributed by atoms with Gasteiger partial charge >= 0.3 is 0 Å². The number of ether oxygens (including phenoxy) is 2. The van der Waals surface area contributed by atoms with Gasteiger partial charge in [-0.1, -0.05) is 0 Å². The Labute approximate surface area is 116 Å². The summed E-state index contributed by atoms with van der Waals surface area (Å²) < 4.78 is 10.4. The second-order valence-corrected chi connectivity index (χ2v) is 5.22. The van der Waals surface area contributed by atoms with E-state index in [0.717, 1.165) is 4.88 Å². The average Bonchev–Trinajstić information content (AvgIpc) is 2.85. The van der Waals surface area contributed by atoms with Crippen LogP contribution in [0.25, 0.3) is 0 Å². The number of methoxy groups -OCH3 is 2. The van der Waals surface area contributed by atoms with E-state index in [1.165, 1.54) is 11.3 Å². The van der Waals surface area contributed by atoms with Crippen molar-refractivity contribution in [3.63, 3.8) is 0 Å². The molecule has 0 bridgehead atoms. The molecule has 1 aromatic heterocycles. The van der Waals surface area contributed by atoms with Gasteiger partial charge in [0.25, 0.3) is 5.91 Å². The molecule has 0 saturated carbocycles. The van der Waals surface area contributed by atoms with Gasteiger partial charge in [0.15, 0.2) is 0 Å². The van der Waals surface area contributed by atoms with Crippen molar-refractivity contribution in [2.75, 3.05) is 19.5 Å². The minimum atomic E-state index is -0.148. The predicted octanol–water partition coefficient (Wildman–Crippen LogP) is 3.33. The van der Waals surface area contributed by atoms with E-state index in [1.807, 2.05) is 19.1 Å². The number of carbonyl (C=O) groups excluding carboxylic acids is 1. The third-order valence-corrected chi connectivity index (χ3v) is 3.62. The van der Waals surface area contributed by atoms with Crippen molar-refractivity contribution in [2.24, 2.45) is 0 Å². The third kappa shape index (κ3) is 3.06. The molecule has 0 saturated heterocycles. The van der Waals surface area contributed by atoms with E-state index >= 15 is 0 Å². The molecule has 2 aromatic rings. The first kappa shape index (κ1) is 13.4. The molecule has 1 amide bonds. The normalized spacial score (nSPS) is 10.1. The number of anilines is 1. The van der Waals surface area contributed by atoms with Crippen molar-refractivity contribution in [2.45, 2.75) is 6.92 Å². The Morgan fingerprint density at radius 2 is 1.95 bits per heavy atom. The van der Waals surface area contributed by atoms with Crippen molar-refractivity contribution < 1.29 is 14.3 Å². The zero-order valence-corrected chi connectivity index (χ0v) is 11.8. The summed E-state index contributed by atoms with van der Waals surface area (Å²) >= 11 is 1.45. The Hall–Kier alpha value is -2.01. The maximum atomic E-state index is 12.1. The third-order valence-electron chi connectivity index (χ3n) is 2.62. The van der Waals surface area contributed by atoms with Crippen LogP contribution >= 0.6 is 11.3 Å². The smallest absolute Gasteiger partial charge is 0.265 e. The molecule has 100 valence electrons. The van der Waals surface area contributed by atoms with Crippen LogP contribution in [0.3, 0.4) is 0 Å². The fourth-order valence-electron chi connectivity index (χ4n) is 1.65. The van der Waals surface area contributed by atoms with Crippen molar-refractivity contribution in [1.82, 2.24) is 0 Å². The minimum Gasteiger partial charge on any atom is -0.497 e. The van der Waals surface area contributed by atoms with E-state index in [-0.39, 0.29) is 5.91 Å². The molecule has 5 heteroatoms. The van der Waals surface area contributed by atoms with Crippen LogP contribution in [0.5, 0.6) is 11.5 Å². The second kappa shape index (κ2) is 5.75. The molecule has 1 heterocycles. The maximum absolute atomic E-state index is 12.1. The molecule has 0 spiro atoms. The topological polar surface area (TPSA) is 47.6 Å².